The molecule has 4 aliphatic rings. The van der Waals surface area contributed by atoms with Gasteiger partial charge in [0, 0.05) is 79.6 Å². The van der Waals surface area contributed by atoms with E-state index >= 15 is 0 Å². The normalized spacial score (nSPS) is 16.0. The summed E-state index contributed by atoms with van der Waals surface area (Å²) in [6.45, 7) is 4.00. The number of nitrogens with zero attached hydrogens (tertiary/aromatic N) is 4. The van der Waals surface area contributed by atoms with Crippen LogP contribution in [0, 0.1) is 0 Å². The molecule has 5 rings (SSSR count). The van der Waals surface area contributed by atoms with E-state index in [2.05, 4.69) is 0 Å². The maximum Gasteiger partial charge on any atom is 0.335 e. The largest absolute Gasteiger partial charge is 0.478 e. The number of likely N-dealkylation sites (tertiary alicyclic amines) is 4. The van der Waals surface area contributed by atoms with Crippen LogP contribution in [0.2, 0.25) is 0 Å². The molecule has 0 saturated carbocycles. The molecule has 0 aliphatic carbocycles. The highest BCUT2D eigenvalue weighted by Gasteiger charge is 2.26. The van der Waals surface area contributed by atoms with Crippen molar-refractivity contribution >= 4 is 53.2 Å². The van der Waals surface area contributed by atoms with Gasteiger partial charge in [-0.3, -0.25) is 58.0 Å². The smallest absolute Gasteiger partial charge is 0.335 e. The fourth-order valence-electron chi connectivity index (χ4n) is 3.33. The molecule has 0 radical (unpaired) electrons. The zero-order chi connectivity index (χ0) is 33.3. The van der Waals surface area contributed by atoms with Crippen molar-refractivity contribution in [3.05, 3.63) is 35.9 Å². The summed E-state index contributed by atoms with van der Waals surface area (Å²) in [5.74, 6) is -1.36. The average Bonchev–Trinajstić information content (AvgIpc) is 3.69. The third-order valence-corrected chi connectivity index (χ3v) is 6.22. The molecule has 46 heavy (non-hydrogen) atoms. The second kappa shape index (κ2) is 24.6. The molecule has 4 aliphatic heterocycles. The number of carboxylic acid groups (broad SMARTS) is 1. The molecule has 1 N–H and O–H groups in total. The highest BCUT2D eigenvalue weighted by Crippen LogP contribution is 2.09. The molecular weight excluding hydrogens is 600 g/mol. The molecule has 14 nitrogen and oxygen atoms in total. The van der Waals surface area contributed by atoms with Crippen LogP contribution in [-0.2, 0) is 38.4 Å². The van der Waals surface area contributed by atoms with Gasteiger partial charge < -0.3 is 5.11 Å². The Kier molecular flexibility index (Phi) is 25.7. The molecule has 14 heteroatoms. The summed E-state index contributed by atoms with van der Waals surface area (Å²) in [6, 6.07) is 8.30. The molecule has 260 valence electrons. The van der Waals surface area contributed by atoms with Gasteiger partial charge in [0.15, 0.2) is 0 Å². The number of hydrogen-bond donors (Lipinski definition) is 1. The Balaban J connectivity index is -0.000000233. The molecule has 0 unspecified atom stereocenters. The van der Waals surface area contributed by atoms with Crippen LogP contribution >= 0.6 is 0 Å². The standard InChI is InChI=1S/C7H6O2.4C5H7NO2.C2H6.3CH4/c8-7(9)6-4-2-1-3-5-6;4*1-6-4(7)2-3-5(6)8;1-2;;;/h1-5H,(H,8,9);4*2-3H2,1H3;1-2H3;3*1H4. The Morgan fingerprint density at radius 1 is 0.457 bits per heavy atom. The Bertz CT molecular complexity index is 1000. The first-order valence-electron chi connectivity index (χ1n) is 13.6. The van der Waals surface area contributed by atoms with Gasteiger partial charge in [0.2, 0.25) is 47.3 Å². The van der Waals surface area contributed by atoms with Crippen molar-refractivity contribution in [2.24, 2.45) is 0 Å². The molecular formula is C32H52N4O10. The molecule has 0 spiro atoms. The molecule has 4 heterocycles. The van der Waals surface area contributed by atoms with E-state index in [4.69, 9.17) is 5.11 Å². The van der Waals surface area contributed by atoms with E-state index in [1.807, 2.05) is 13.8 Å². The van der Waals surface area contributed by atoms with E-state index in [0.29, 0.717) is 56.9 Å². The lowest BCUT2D eigenvalue weighted by atomic mass is 10.2. The minimum Gasteiger partial charge on any atom is -0.478 e. The summed E-state index contributed by atoms with van der Waals surface area (Å²) in [7, 11) is 6.05. The lowest BCUT2D eigenvalue weighted by Gasteiger charge is -2.01. The number of carbonyl (C=O) groups excluding carboxylic acids is 8. The summed E-state index contributed by atoms with van der Waals surface area (Å²) in [5.41, 5.74) is 0.331. The lowest BCUT2D eigenvalue weighted by molar-refractivity contribution is -0.138. The van der Waals surface area contributed by atoms with Crippen molar-refractivity contribution in [1.82, 2.24) is 19.6 Å². The molecule has 1 aromatic rings. The number of benzene rings is 1. The van der Waals surface area contributed by atoms with Gasteiger partial charge in [0.25, 0.3) is 0 Å². The summed E-state index contributed by atoms with van der Waals surface area (Å²) < 4.78 is 0. The first-order chi connectivity index (χ1) is 20.2. The van der Waals surface area contributed by atoms with Crippen molar-refractivity contribution in [3.63, 3.8) is 0 Å². The van der Waals surface area contributed by atoms with Crippen LogP contribution < -0.4 is 0 Å². The zero-order valence-corrected chi connectivity index (χ0v) is 25.5. The van der Waals surface area contributed by atoms with E-state index < -0.39 is 5.97 Å². The minimum atomic E-state index is -0.879. The summed E-state index contributed by atoms with van der Waals surface area (Å²) >= 11 is 0. The Morgan fingerprint density at radius 2 is 0.630 bits per heavy atom. The first kappa shape index (κ1) is 48.2. The highest BCUT2D eigenvalue weighted by molar-refractivity contribution is 6.03. The van der Waals surface area contributed by atoms with Crippen LogP contribution in [0.1, 0.15) is 97.9 Å². The van der Waals surface area contributed by atoms with E-state index in [-0.39, 0.29) is 69.5 Å². The molecule has 0 aromatic heterocycles. The Hall–Kier alpha value is -4.75. The second-order valence-electron chi connectivity index (χ2n) is 9.06. The van der Waals surface area contributed by atoms with E-state index in [1.54, 1.807) is 30.3 Å². The van der Waals surface area contributed by atoms with Gasteiger partial charge in [0.05, 0.1) is 5.56 Å². The fourth-order valence-corrected chi connectivity index (χ4v) is 3.33. The van der Waals surface area contributed by atoms with Gasteiger partial charge >= 0.3 is 5.97 Å². The average molecular weight is 653 g/mol. The quantitative estimate of drug-likeness (QED) is 0.441. The van der Waals surface area contributed by atoms with Crippen molar-refractivity contribution < 1.29 is 48.3 Å². The summed E-state index contributed by atoms with van der Waals surface area (Å²) in [6.07, 6.45) is 3.19. The predicted molar refractivity (Wildman–Crippen MR) is 173 cm³/mol. The number of hydrogen-bond acceptors (Lipinski definition) is 9. The molecule has 1 aromatic carbocycles. The van der Waals surface area contributed by atoms with Gasteiger partial charge in [-0.2, -0.15) is 0 Å². The van der Waals surface area contributed by atoms with Crippen LogP contribution in [0.4, 0.5) is 0 Å². The fraction of sp³-hybridized carbons (Fsp3) is 0.531. The van der Waals surface area contributed by atoms with Crippen LogP contribution in [0.3, 0.4) is 0 Å². The summed E-state index contributed by atoms with van der Waals surface area (Å²) in [5, 5.41) is 8.38. The number of carboxylic acids is 1. The minimum absolute atomic E-state index is 0. The number of imide groups is 4. The maximum atomic E-state index is 10.5. The second-order valence-corrected chi connectivity index (χ2v) is 9.06. The van der Waals surface area contributed by atoms with Gasteiger partial charge in [-0.25, -0.2) is 4.79 Å². The Morgan fingerprint density at radius 3 is 0.717 bits per heavy atom. The van der Waals surface area contributed by atoms with Crippen molar-refractivity contribution in [2.45, 2.75) is 87.5 Å². The number of aromatic carboxylic acids is 1. The summed E-state index contributed by atoms with van der Waals surface area (Å²) in [4.78, 5) is 98.8. The first-order valence-corrected chi connectivity index (χ1v) is 13.6. The van der Waals surface area contributed by atoms with E-state index in [0.717, 1.165) is 0 Å². The van der Waals surface area contributed by atoms with Crippen molar-refractivity contribution in [2.75, 3.05) is 28.2 Å². The third-order valence-electron chi connectivity index (χ3n) is 6.22. The number of rotatable bonds is 1. The van der Waals surface area contributed by atoms with Crippen molar-refractivity contribution in [1.29, 1.82) is 0 Å². The van der Waals surface area contributed by atoms with Gasteiger partial charge in [-0.1, -0.05) is 54.3 Å². The molecule has 8 amide bonds. The zero-order valence-electron chi connectivity index (χ0n) is 25.5. The molecule has 0 bridgehead atoms. The van der Waals surface area contributed by atoms with Crippen LogP contribution in [0.25, 0.3) is 0 Å². The van der Waals surface area contributed by atoms with Crippen LogP contribution in [0.15, 0.2) is 30.3 Å². The van der Waals surface area contributed by atoms with E-state index in [1.165, 1.54) is 47.8 Å². The topological polar surface area (TPSA) is 187 Å². The maximum absolute atomic E-state index is 10.5. The van der Waals surface area contributed by atoms with Gasteiger partial charge in [0.1, 0.15) is 0 Å². The molecule has 4 saturated heterocycles. The SMILES string of the molecule is C.C.C.CC.CN1C(=O)CCC1=O.CN1C(=O)CCC1=O.CN1C(=O)CCC1=O.CN1C(=O)CCC1=O.O=C(O)c1ccccc1. The highest BCUT2D eigenvalue weighted by atomic mass is 16.4. The number of carbonyl (C=O) groups is 9. The van der Waals surface area contributed by atoms with Gasteiger partial charge in [-0.15, -0.1) is 0 Å². The molecule has 0 atom stereocenters. The third kappa shape index (κ3) is 16.4. The predicted octanol–water partition coefficient (Wildman–Crippen LogP) is 3.38. The van der Waals surface area contributed by atoms with Gasteiger partial charge in [-0.05, 0) is 12.1 Å². The number of amides is 8. The van der Waals surface area contributed by atoms with Crippen LogP contribution in [-0.4, -0.2) is 106 Å². The van der Waals surface area contributed by atoms with E-state index in [9.17, 15) is 43.2 Å². The Labute approximate surface area is 272 Å². The van der Waals surface area contributed by atoms with Crippen LogP contribution in [0.5, 0.6) is 0 Å². The van der Waals surface area contributed by atoms with Crippen molar-refractivity contribution in [3.8, 4) is 0 Å². The molecule has 4 fully saturated rings. The monoisotopic (exact) mass is 652 g/mol. The lowest BCUT2D eigenvalue weighted by Crippen LogP contribution is -2.23.